The van der Waals surface area contributed by atoms with Gasteiger partial charge in [-0.3, -0.25) is 0 Å². The SMILES string of the molecule is C=Cc1cccc(OCC2CO2)c1/C=C\C. The van der Waals surface area contributed by atoms with E-state index in [4.69, 9.17) is 9.47 Å². The topological polar surface area (TPSA) is 21.8 Å². The second kappa shape index (κ2) is 4.99. The molecule has 1 heterocycles. The van der Waals surface area contributed by atoms with Gasteiger partial charge in [-0.15, -0.1) is 0 Å². The molecule has 1 aliphatic heterocycles. The van der Waals surface area contributed by atoms with Gasteiger partial charge in [-0.2, -0.15) is 0 Å². The normalized spacial score (nSPS) is 18.7. The van der Waals surface area contributed by atoms with Crippen LogP contribution in [0.1, 0.15) is 18.1 Å². The maximum absolute atomic E-state index is 5.73. The fourth-order valence-electron chi connectivity index (χ4n) is 1.56. The van der Waals surface area contributed by atoms with Crippen LogP contribution in [0.3, 0.4) is 0 Å². The average Bonchev–Trinajstić information content (AvgIpc) is 3.12. The summed E-state index contributed by atoms with van der Waals surface area (Å²) in [6.45, 7) is 7.25. The van der Waals surface area contributed by atoms with Crippen molar-refractivity contribution in [3.8, 4) is 5.75 Å². The van der Waals surface area contributed by atoms with Crippen molar-refractivity contribution in [3.63, 3.8) is 0 Å². The third-order valence-corrected chi connectivity index (χ3v) is 2.48. The molecule has 0 spiro atoms. The molecule has 1 atom stereocenters. The van der Waals surface area contributed by atoms with E-state index in [1.54, 1.807) is 0 Å². The second-order valence-corrected chi connectivity index (χ2v) is 3.73. The van der Waals surface area contributed by atoms with Gasteiger partial charge in [-0.05, 0) is 18.6 Å². The first-order valence-electron chi connectivity index (χ1n) is 5.47. The largest absolute Gasteiger partial charge is 0.490 e. The van der Waals surface area contributed by atoms with E-state index in [-0.39, 0.29) is 6.10 Å². The molecule has 2 rings (SSSR count). The van der Waals surface area contributed by atoms with E-state index in [1.165, 1.54) is 0 Å². The highest BCUT2D eigenvalue weighted by Crippen LogP contribution is 2.26. The Kier molecular flexibility index (Phi) is 3.42. The lowest BCUT2D eigenvalue weighted by Crippen LogP contribution is -2.05. The second-order valence-electron chi connectivity index (χ2n) is 3.73. The van der Waals surface area contributed by atoms with Gasteiger partial charge >= 0.3 is 0 Å². The van der Waals surface area contributed by atoms with E-state index < -0.39 is 0 Å². The van der Waals surface area contributed by atoms with Gasteiger partial charge in [0.2, 0.25) is 0 Å². The van der Waals surface area contributed by atoms with E-state index in [0.717, 1.165) is 23.5 Å². The summed E-state index contributed by atoms with van der Waals surface area (Å²) in [4.78, 5) is 0. The molecule has 1 aliphatic rings. The molecule has 0 radical (unpaired) electrons. The summed E-state index contributed by atoms with van der Waals surface area (Å²) in [5, 5.41) is 0. The molecule has 1 aromatic carbocycles. The number of ether oxygens (including phenoxy) is 2. The van der Waals surface area contributed by atoms with Crippen molar-refractivity contribution in [2.75, 3.05) is 13.2 Å². The predicted molar refractivity (Wildman–Crippen MR) is 66.5 cm³/mol. The molecule has 2 heteroatoms. The zero-order valence-electron chi connectivity index (χ0n) is 9.48. The summed E-state index contributed by atoms with van der Waals surface area (Å²) in [6.07, 6.45) is 6.17. The predicted octanol–water partition coefficient (Wildman–Crippen LogP) is 3.14. The van der Waals surface area contributed by atoms with Crippen LogP contribution in [0.15, 0.2) is 30.9 Å². The van der Waals surface area contributed by atoms with Crippen molar-refractivity contribution in [3.05, 3.63) is 42.0 Å². The molecular formula is C14H16O2. The van der Waals surface area contributed by atoms with Crippen molar-refractivity contribution < 1.29 is 9.47 Å². The van der Waals surface area contributed by atoms with Gasteiger partial charge in [0.15, 0.2) is 0 Å². The lowest BCUT2D eigenvalue weighted by atomic mass is 10.1. The molecule has 0 amide bonds. The third kappa shape index (κ3) is 2.52. The maximum atomic E-state index is 5.73. The molecule has 16 heavy (non-hydrogen) atoms. The molecule has 1 aromatic rings. The molecule has 0 N–H and O–H groups in total. The van der Waals surface area contributed by atoms with Gasteiger partial charge < -0.3 is 9.47 Å². The molecule has 0 aromatic heterocycles. The minimum atomic E-state index is 0.283. The van der Waals surface area contributed by atoms with Crippen LogP contribution in [0.2, 0.25) is 0 Å². The zero-order chi connectivity index (χ0) is 11.4. The first-order valence-corrected chi connectivity index (χ1v) is 5.47. The minimum absolute atomic E-state index is 0.283. The van der Waals surface area contributed by atoms with Gasteiger partial charge in [0, 0.05) is 5.56 Å². The van der Waals surface area contributed by atoms with Gasteiger partial charge in [0.25, 0.3) is 0 Å². The van der Waals surface area contributed by atoms with Gasteiger partial charge in [-0.25, -0.2) is 0 Å². The van der Waals surface area contributed by atoms with Crippen LogP contribution in [0.5, 0.6) is 5.75 Å². The Morgan fingerprint density at radius 2 is 2.38 bits per heavy atom. The number of allylic oxidation sites excluding steroid dienone is 1. The fraction of sp³-hybridized carbons (Fsp3) is 0.286. The standard InChI is InChI=1S/C14H16O2/c1-3-6-13-11(4-2)7-5-8-14(13)16-10-12-9-15-12/h3-8,12H,2,9-10H2,1H3/b6-3-. The Hall–Kier alpha value is -1.54. The molecule has 1 fully saturated rings. The molecular weight excluding hydrogens is 200 g/mol. The van der Waals surface area contributed by atoms with Crippen LogP contribution in [-0.4, -0.2) is 19.3 Å². The fourth-order valence-corrected chi connectivity index (χ4v) is 1.56. The Morgan fingerprint density at radius 1 is 1.56 bits per heavy atom. The van der Waals surface area contributed by atoms with Crippen LogP contribution in [0.4, 0.5) is 0 Å². The summed E-state index contributed by atoms with van der Waals surface area (Å²) in [6, 6.07) is 5.99. The smallest absolute Gasteiger partial charge is 0.127 e. The maximum Gasteiger partial charge on any atom is 0.127 e. The molecule has 2 nitrogen and oxygen atoms in total. The van der Waals surface area contributed by atoms with Crippen molar-refractivity contribution in [1.82, 2.24) is 0 Å². The van der Waals surface area contributed by atoms with E-state index in [0.29, 0.717) is 6.61 Å². The van der Waals surface area contributed by atoms with E-state index in [1.807, 2.05) is 43.4 Å². The van der Waals surface area contributed by atoms with Crippen LogP contribution in [0, 0.1) is 0 Å². The summed E-state index contributed by atoms with van der Waals surface area (Å²) in [7, 11) is 0. The average molecular weight is 216 g/mol. The van der Waals surface area contributed by atoms with Crippen molar-refractivity contribution in [2.24, 2.45) is 0 Å². The van der Waals surface area contributed by atoms with Crippen LogP contribution >= 0.6 is 0 Å². The zero-order valence-corrected chi connectivity index (χ0v) is 9.48. The quantitative estimate of drug-likeness (QED) is 0.705. The van der Waals surface area contributed by atoms with E-state index in [9.17, 15) is 0 Å². The van der Waals surface area contributed by atoms with Crippen LogP contribution in [0.25, 0.3) is 12.2 Å². The molecule has 0 saturated carbocycles. The van der Waals surface area contributed by atoms with Gasteiger partial charge in [-0.1, -0.05) is 36.9 Å². The monoisotopic (exact) mass is 216 g/mol. The highest BCUT2D eigenvalue weighted by atomic mass is 16.6. The Morgan fingerprint density at radius 3 is 3.00 bits per heavy atom. The molecule has 84 valence electrons. The minimum Gasteiger partial charge on any atom is -0.490 e. The lowest BCUT2D eigenvalue weighted by Gasteiger charge is -2.10. The molecule has 0 aliphatic carbocycles. The van der Waals surface area contributed by atoms with Gasteiger partial charge in [0.1, 0.15) is 18.5 Å². The highest BCUT2D eigenvalue weighted by Gasteiger charge is 2.23. The Balaban J connectivity index is 2.22. The Bertz CT molecular complexity index is 403. The summed E-state index contributed by atoms with van der Waals surface area (Å²) in [5.41, 5.74) is 2.17. The van der Waals surface area contributed by atoms with Crippen molar-refractivity contribution in [2.45, 2.75) is 13.0 Å². The number of benzene rings is 1. The lowest BCUT2D eigenvalue weighted by molar-refractivity contribution is 0.262. The molecule has 1 unspecified atom stereocenters. The number of hydrogen-bond acceptors (Lipinski definition) is 2. The van der Waals surface area contributed by atoms with E-state index >= 15 is 0 Å². The number of epoxide rings is 1. The van der Waals surface area contributed by atoms with Crippen molar-refractivity contribution >= 4 is 12.2 Å². The van der Waals surface area contributed by atoms with E-state index in [2.05, 4.69) is 6.58 Å². The molecule has 1 saturated heterocycles. The van der Waals surface area contributed by atoms with Crippen LogP contribution < -0.4 is 4.74 Å². The highest BCUT2D eigenvalue weighted by molar-refractivity contribution is 5.69. The number of rotatable bonds is 5. The Labute approximate surface area is 96.2 Å². The summed E-state index contributed by atoms with van der Waals surface area (Å²) in [5.74, 6) is 0.894. The van der Waals surface area contributed by atoms with Crippen LogP contribution in [-0.2, 0) is 4.74 Å². The number of hydrogen-bond donors (Lipinski definition) is 0. The van der Waals surface area contributed by atoms with Gasteiger partial charge in [0.05, 0.1) is 6.61 Å². The molecule has 0 bridgehead atoms. The first kappa shape index (κ1) is 11.0. The summed E-state index contributed by atoms with van der Waals surface area (Å²) >= 11 is 0. The summed E-state index contributed by atoms with van der Waals surface area (Å²) < 4.78 is 10.9. The third-order valence-electron chi connectivity index (χ3n) is 2.48. The van der Waals surface area contributed by atoms with Crippen molar-refractivity contribution in [1.29, 1.82) is 0 Å². The first-order chi connectivity index (χ1) is 7.85.